The maximum Gasteiger partial charge on any atom is 0.238 e. The quantitative estimate of drug-likeness (QED) is 0.365. The lowest BCUT2D eigenvalue weighted by molar-refractivity contribution is -0.117. The zero-order valence-electron chi connectivity index (χ0n) is 17.5. The number of carbonyl (C=O) groups is 1. The molecule has 0 saturated heterocycles. The number of anilines is 1. The van der Waals surface area contributed by atoms with Crippen molar-refractivity contribution in [3.05, 3.63) is 77.7 Å². The van der Waals surface area contributed by atoms with E-state index in [-0.39, 0.29) is 17.7 Å². The number of aromatic nitrogens is 3. The van der Waals surface area contributed by atoms with Gasteiger partial charge in [-0.3, -0.25) is 9.69 Å². The Morgan fingerprint density at radius 3 is 2.69 bits per heavy atom. The third-order valence-electron chi connectivity index (χ3n) is 5.39. The van der Waals surface area contributed by atoms with Crippen molar-refractivity contribution in [2.75, 3.05) is 17.3 Å². The lowest BCUT2D eigenvalue weighted by Gasteiger charge is -2.37. The van der Waals surface area contributed by atoms with Crippen LogP contribution < -0.4 is 9.64 Å². The first-order valence-corrected chi connectivity index (χ1v) is 12.3. The number of hydrogen-bond donors (Lipinski definition) is 0. The molecule has 2 aromatic heterocycles. The second kappa shape index (κ2) is 9.18. The zero-order chi connectivity index (χ0) is 21.9. The van der Waals surface area contributed by atoms with Crippen molar-refractivity contribution in [3.63, 3.8) is 0 Å². The Morgan fingerprint density at radius 1 is 1.09 bits per heavy atom. The molecule has 4 aromatic rings. The van der Waals surface area contributed by atoms with Gasteiger partial charge in [-0.15, -0.1) is 21.5 Å². The van der Waals surface area contributed by atoms with Crippen LogP contribution in [0.5, 0.6) is 5.75 Å². The number of fused-ring (bicyclic) bond motifs is 1. The number of benzene rings is 2. The molecule has 5 rings (SSSR count). The van der Waals surface area contributed by atoms with Crippen LogP contribution in [0.1, 0.15) is 18.5 Å². The van der Waals surface area contributed by atoms with Gasteiger partial charge in [0.05, 0.1) is 22.4 Å². The summed E-state index contributed by atoms with van der Waals surface area (Å²) in [7, 11) is 0. The lowest BCUT2D eigenvalue weighted by atomic mass is 10.0. The number of rotatable bonds is 6. The van der Waals surface area contributed by atoms with Gasteiger partial charge in [-0.2, -0.15) is 0 Å². The number of nitrogens with zero attached hydrogens (tertiary/aromatic N) is 4. The summed E-state index contributed by atoms with van der Waals surface area (Å²) in [6.45, 7) is 3.23. The Morgan fingerprint density at radius 2 is 1.91 bits per heavy atom. The lowest BCUT2D eigenvalue weighted by Crippen LogP contribution is -2.42. The monoisotopic (exact) mass is 462 g/mol. The smallest absolute Gasteiger partial charge is 0.238 e. The standard InChI is InChI=1S/C24H22N4O2S2/c1-2-27-23(21-13-8-14-31-21)25-26-24(27)32-16-22(29)28-18-11-6-7-12-20(18)30-15-19(28)17-9-4-3-5-10-17/h3-14,19H,2,15-16H2,1H3/t19-/m1/s1. The van der Waals surface area contributed by atoms with E-state index in [1.54, 1.807) is 11.3 Å². The zero-order valence-corrected chi connectivity index (χ0v) is 19.2. The van der Waals surface area contributed by atoms with Crippen molar-refractivity contribution in [2.45, 2.75) is 24.7 Å². The third-order valence-corrected chi connectivity index (χ3v) is 7.20. The second-order valence-electron chi connectivity index (χ2n) is 7.29. The average molecular weight is 463 g/mol. The van der Waals surface area contributed by atoms with Gasteiger partial charge in [-0.05, 0) is 36.1 Å². The van der Waals surface area contributed by atoms with Gasteiger partial charge in [0.25, 0.3) is 0 Å². The topological polar surface area (TPSA) is 60.2 Å². The van der Waals surface area contributed by atoms with Crippen molar-refractivity contribution in [1.29, 1.82) is 0 Å². The SMILES string of the molecule is CCn1c(SCC(=O)N2c3ccccc3OC[C@@H]2c2ccccc2)nnc1-c1cccs1. The van der Waals surface area contributed by atoms with Gasteiger partial charge in [0.2, 0.25) is 5.91 Å². The van der Waals surface area contributed by atoms with Gasteiger partial charge in [-0.25, -0.2) is 0 Å². The first-order chi connectivity index (χ1) is 15.8. The van der Waals surface area contributed by atoms with Crippen LogP contribution in [0.4, 0.5) is 5.69 Å². The summed E-state index contributed by atoms with van der Waals surface area (Å²) in [6.07, 6.45) is 0. The Hall–Kier alpha value is -3.10. The minimum Gasteiger partial charge on any atom is -0.489 e. The van der Waals surface area contributed by atoms with Crippen LogP contribution in [0, 0.1) is 0 Å². The van der Waals surface area contributed by atoms with Gasteiger partial charge in [-0.1, -0.05) is 60.3 Å². The highest BCUT2D eigenvalue weighted by molar-refractivity contribution is 7.99. The molecule has 0 unspecified atom stereocenters. The van der Waals surface area contributed by atoms with Crippen LogP contribution >= 0.6 is 23.1 Å². The summed E-state index contributed by atoms with van der Waals surface area (Å²) < 4.78 is 8.05. The van der Waals surface area contributed by atoms with Crippen LogP contribution in [0.2, 0.25) is 0 Å². The van der Waals surface area contributed by atoms with Crippen LogP contribution in [-0.4, -0.2) is 33.0 Å². The first kappa shape index (κ1) is 20.8. The minimum atomic E-state index is -0.176. The van der Waals surface area contributed by atoms with Crippen LogP contribution in [0.25, 0.3) is 10.7 Å². The Labute approximate surface area is 194 Å². The van der Waals surface area contributed by atoms with Gasteiger partial charge < -0.3 is 9.30 Å². The fourth-order valence-corrected chi connectivity index (χ4v) is 5.46. The molecular weight excluding hydrogens is 440 g/mol. The molecule has 0 radical (unpaired) electrons. The largest absolute Gasteiger partial charge is 0.489 e. The van der Waals surface area contributed by atoms with E-state index in [1.165, 1.54) is 11.8 Å². The van der Waals surface area contributed by atoms with Crippen molar-refractivity contribution < 1.29 is 9.53 Å². The highest BCUT2D eigenvalue weighted by atomic mass is 32.2. The minimum absolute atomic E-state index is 0.0166. The second-order valence-corrected chi connectivity index (χ2v) is 9.18. The van der Waals surface area contributed by atoms with Crippen molar-refractivity contribution in [2.24, 2.45) is 0 Å². The number of thiophene rings is 1. The molecule has 8 heteroatoms. The van der Waals surface area contributed by atoms with Crippen molar-refractivity contribution in [1.82, 2.24) is 14.8 Å². The molecule has 0 aliphatic carbocycles. The molecule has 6 nitrogen and oxygen atoms in total. The van der Waals surface area contributed by atoms with Crippen LogP contribution in [-0.2, 0) is 11.3 Å². The Bertz CT molecular complexity index is 1210. The van der Waals surface area contributed by atoms with E-state index in [4.69, 9.17) is 4.74 Å². The Balaban J connectivity index is 1.41. The molecule has 1 amide bonds. The van der Waals surface area contributed by atoms with E-state index in [2.05, 4.69) is 21.7 Å². The van der Waals surface area contributed by atoms with Crippen LogP contribution in [0.15, 0.2) is 77.3 Å². The molecule has 2 aromatic carbocycles. The summed E-state index contributed by atoms with van der Waals surface area (Å²) >= 11 is 3.06. The Kier molecular flexibility index (Phi) is 5.96. The molecule has 1 aliphatic rings. The molecular formula is C24H22N4O2S2. The average Bonchev–Trinajstić information content (AvgIpc) is 3.52. The molecule has 1 aliphatic heterocycles. The summed E-state index contributed by atoms with van der Waals surface area (Å²) in [6, 6.07) is 21.6. The molecule has 0 saturated carbocycles. The molecule has 0 bridgehead atoms. The van der Waals surface area contributed by atoms with Gasteiger partial charge in [0.15, 0.2) is 11.0 Å². The number of hydrogen-bond acceptors (Lipinski definition) is 6. The van der Waals surface area contributed by atoms with E-state index < -0.39 is 0 Å². The van der Waals surface area contributed by atoms with Gasteiger partial charge in [0.1, 0.15) is 12.4 Å². The normalized spacial score (nSPS) is 15.3. The van der Waals surface area contributed by atoms with E-state index >= 15 is 0 Å². The predicted molar refractivity (Wildman–Crippen MR) is 128 cm³/mol. The molecule has 32 heavy (non-hydrogen) atoms. The van der Waals surface area contributed by atoms with Gasteiger partial charge in [0, 0.05) is 6.54 Å². The predicted octanol–water partition coefficient (Wildman–Crippen LogP) is 5.29. The molecule has 1 atom stereocenters. The van der Waals surface area contributed by atoms with Crippen molar-refractivity contribution >= 4 is 34.7 Å². The van der Waals surface area contributed by atoms with Gasteiger partial charge >= 0.3 is 0 Å². The number of carbonyl (C=O) groups excluding carboxylic acids is 1. The first-order valence-electron chi connectivity index (χ1n) is 10.4. The van der Waals surface area contributed by atoms with E-state index in [1.807, 2.05) is 77.0 Å². The summed E-state index contributed by atoms with van der Waals surface area (Å²) in [4.78, 5) is 16.5. The number of ether oxygens (including phenoxy) is 1. The highest BCUT2D eigenvalue weighted by Gasteiger charge is 2.33. The fraction of sp³-hybridized carbons (Fsp3) is 0.208. The van der Waals surface area contributed by atoms with E-state index in [0.717, 1.165) is 39.4 Å². The molecule has 3 heterocycles. The maximum atomic E-state index is 13.5. The number of para-hydroxylation sites is 2. The third kappa shape index (κ3) is 3.91. The summed E-state index contributed by atoms with van der Waals surface area (Å²) in [5, 5.41) is 11.5. The summed E-state index contributed by atoms with van der Waals surface area (Å²) in [5.41, 5.74) is 1.85. The van der Waals surface area contributed by atoms with E-state index in [0.29, 0.717) is 6.61 Å². The molecule has 162 valence electrons. The molecule has 0 N–H and O–H groups in total. The highest BCUT2D eigenvalue weighted by Crippen LogP contribution is 2.40. The van der Waals surface area contributed by atoms with Crippen molar-refractivity contribution in [3.8, 4) is 16.5 Å². The molecule has 0 spiro atoms. The number of amides is 1. The fourth-order valence-electron chi connectivity index (χ4n) is 3.88. The molecule has 0 fully saturated rings. The number of thioether (sulfide) groups is 1. The summed E-state index contributed by atoms with van der Waals surface area (Å²) in [5.74, 6) is 1.86. The van der Waals surface area contributed by atoms with Crippen LogP contribution in [0.3, 0.4) is 0 Å². The van der Waals surface area contributed by atoms with E-state index in [9.17, 15) is 4.79 Å². The maximum absolute atomic E-state index is 13.5.